The largest absolute Gasteiger partial charge is 0.387 e. The van der Waals surface area contributed by atoms with E-state index in [1.54, 1.807) is 7.05 Å². The first-order valence-corrected chi connectivity index (χ1v) is 7.28. The summed E-state index contributed by atoms with van der Waals surface area (Å²) in [5.74, 6) is -0.602. The summed E-state index contributed by atoms with van der Waals surface area (Å²) >= 11 is 5.59. The first-order valence-electron chi connectivity index (χ1n) is 6.90. The molecule has 2 N–H and O–H groups in total. The highest BCUT2D eigenvalue weighted by molar-refractivity contribution is 6.30. The molecule has 0 radical (unpaired) electrons. The van der Waals surface area contributed by atoms with Gasteiger partial charge >= 0.3 is 5.69 Å². The summed E-state index contributed by atoms with van der Waals surface area (Å²) in [7, 11) is 2.95. The number of rotatable bonds is 5. The van der Waals surface area contributed by atoms with Crippen LogP contribution in [0.3, 0.4) is 0 Å². The van der Waals surface area contributed by atoms with Gasteiger partial charge in [-0.05, 0) is 17.7 Å². The van der Waals surface area contributed by atoms with Crippen molar-refractivity contribution in [3.8, 4) is 0 Å². The Kier molecular flexibility index (Phi) is 5.35. The molecule has 0 amide bonds. The minimum Gasteiger partial charge on any atom is -0.387 e. The normalized spacial score (nSPS) is 12.4. The van der Waals surface area contributed by atoms with Crippen molar-refractivity contribution < 1.29 is 9.50 Å². The summed E-state index contributed by atoms with van der Waals surface area (Å²) in [6, 6.07) is 4.07. The lowest BCUT2D eigenvalue weighted by atomic mass is 10.1. The van der Waals surface area contributed by atoms with E-state index in [1.807, 2.05) is 0 Å². The van der Waals surface area contributed by atoms with Crippen LogP contribution in [0.1, 0.15) is 17.2 Å². The smallest absolute Gasteiger partial charge is 0.330 e. The Bertz CT molecular complexity index is 832. The van der Waals surface area contributed by atoms with Crippen molar-refractivity contribution in [3.05, 3.63) is 67.2 Å². The second-order valence-corrected chi connectivity index (χ2v) is 5.64. The quantitative estimate of drug-likeness (QED) is 0.839. The van der Waals surface area contributed by atoms with Gasteiger partial charge in [0.15, 0.2) is 0 Å². The number of nitrogens with zero attached hydrogens (tertiary/aromatic N) is 2. The van der Waals surface area contributed by atoms with Crippen LogP contribution in [0.25, 0.3) is 0 Å². The summed E-state index contributed by atoms with van der Waals surface area (Å²) < 4.78 is 15.7. The molecule has 23 heavy (non-hydrogen) atoms. The topological polar surface area (TPSA) is 76.3 Å². The van der Waals surface area contributed by atoms with Crippen LogP contribution in [-0.4, -0.2) is 20.8 Å². The molecule has 1 unspecified atom stereocenters. The molecule has 1 aromatic carbocycles. The Morgan fingerprint density at radius 1 is 1.35 bits per heavy atom. The number of nitrogens with one attached hydrogen (secondary N) is 1. The third kappa shape index (κ3) is 3.87. The van der Waals surface area contributed by atoms with Crippen molar-refractivity contribution >= 4 is 11.6 Å². The van der Waals surface area contributed by atoms with Crippen LogP contribution in [0.2, 0.25) is 5.02 Å². The average molecular weight is 342 g/mol. The molecule has 2 aromatic rings. The van der Waals surface area contributed by atoms with Gasteiger partial charge < -0.3 is 15.0 Å². The van der Waals surface area contributed by atoms with E-state index in [0.717, 1.165) is 4.57 Å². The van der Waals surface area contributed by atoms with Gasteiger partial charge in [-0.1, -0.05) is 17.7 Å². The number of aliphatic hydroxyl groups excluding tert-OH is 1. The van der Waals surface area contributed by atoms with Gasteiger partial charge in [-0.3, -0.25) is 9.36 Å². The molecule has 6 nitrogen and oxygen atoms in total. The van der Waals surface area contributed by atoms with Crippen molar-refractivity contribution in [2.75, 3.05) is 6.54 Å². The van der Waals surface area contributed by atoms with Gasteiger partial charge in [-0.15, -0.1) is 0 Å². The Balaban J connectivity index is 2.04. The standard InChI is InChI=1S/C15H17ClFN3O3/c1-19-8-10(14(22)20(2)15(19)23)6-18-7-13(21)9-3-4-11(16)12(17)5-9/h3-5,8,13,18,21H,6-7H2,1-2H3. The zero-order chi connectivity index (χ0) is 17.1. The number of aliphatic hydroxyl groups is 1. The first kappa shape index (κ1) is 17.4. The molecule has 1 heterocycles. The highest BCUT2D eigenvalue weighted by atomic mass is 35.5. The molecule has 0 saturated heterocycles. The average Bonchev–Trinajstić information content (AvgIpc) is 2.52. The van der Waals surface area contributed by atoms with E-state index in [9.17, 15) is 19.1 Å². The zero-order valence-corrected chi connectivity index (χ0v) is 13.5. The molecule has 0 spiro atoms. The lowest BCUT2D eigenvalue weighted by Crippen LogP contribution is -2.39. The Hall–Kier alpha value is -1.96. The van der Waals surface area contributed by atoms with Crippen LogP contribution in [0.15, 0.2) is 34.0 Å². The maximum atomic E-state index is 13.4. The van der Waals surface area contributed by atoms with Crippen LogP contribution < -0.4 is 16.6 Å². The minimum absolute atomic E-state index is 0.0115. The predicted molar refractivity (Wildman–Crippen MR) is 85.0 cm³/mol. The summed E-state index contributed by atoms with van der Waals surface area (Å²) in [5.41, 5.74) is -0.0279. The van der Waals surface area contributed by atoms with Crippen LogP contribution in [-0.2, 0) is 20.6 Å². The van der Waals surface area contributed by atoms with Crippen molar-refractivity contribution in [2.45, 2.75) is 12.6 Å². The molecular formula is C15H17ClFN3O3. The van der Waals surface area contributed by atoms with Crippen molar-refractivity contribution in [1.29, 1.82) is 0 Å². The lowest BCUT2D eigenvalue weighted by molar-refractivity contribution is 0.174. The first-order chi connectivity index (χ1) is 10.8. The van der Waals surface area contributed by atoms with Gasteiger partial charge in [0.2, 0.25) is 0 Å². The van der Waals surface area contributed by atoms with Crippen molar-refractivity contribution in [1.82, 2.24) is 14.5 Å². The number of aryl methyl sites for hydroxylation is 1. The molecule has 0 saturated carbocycles. The number of halogens is 2. The van der Waals surface area contributed by atoms with E-state index in [1.165, 1.54) is 36.0 Å². The molecule has 124 valence electrons. The van der Waals surface area contributed by atoms with Crippen molar-refractivity contribution in [3.63, 3.8) is 0 Å². The monoisotopic (exact) mass is 341 g/mol. The molecule has 1 aromatic heterocycles. The number of aromatic nitrogens is 2. The number of benzene rings is 1. The fourth-order valence-electron chi connectivity index (χ4n) is 2.19. The Labute approximate surface area is 136 Å². The highest BCUT2D eigenvalue weighted by Gasteiger charge is 2.11. The van der Waals surface area contributed by atoms with E-state index in [-0.39, 0.29) is 18.1 Å². The maximum Gasteiger partial charge on any atom is 0.330 e. The fraction of sp³-hybridized carbons (Fsp3) is 0.333. The molecule has 0 aliphatic carbocycles. The molecule has 8 heteroatoms. The van der Waals surface area contributed by atoms with E-state index in [0.29, 0.717) is 11.1 Å². The summed E-state index contributed by atoms with van der Waals surface area (Å²) in [4.78, 5) is 23.5. The zero-order valence-electron chi connectivity index (χ0n) is 12.7. The number of hydrogen-bond donors (Lipinski definition) is 2. The van der Waals surface area contributed by atoms with Crippen LogP contribution >= 0.6 is 11.6 Å². The highest BCUT2D eigenvalue weighted by Crippen LogP contribution is 2.19. The molecule has 0 bridgehead atoms. The Morgan fingerprint density at radius 2 is 2.04 bits per heavy atom. The number of hydrogen-bond acceptors (Lipinski definition) is 4. The molecule has 0 aliphatic rings. The molecule has 2 rings (SSSR count). The van der Waals surface area contributed by atoms with E-state index in [2.05, 4.69) is 5.32 Å². The second-order valence-electron chi connectivity index (χ2n) is 5.23. The van der Waals surface area contributed by atoms with Crippen LogP contribution in [0, 0.1) is 5.82 Å². The van der Waals surface area contributed by atoms with Gasteiger partial charge in [0.1, 0.15) is 5.82 Å². The summed E-state index contributed by atoms with van der Waals surface area (Å²) in [6.45, 7) is 0.293. The molecule has 0 fully saturated rings. The molecular weight excluding hydrogens is 325 g/mol. The fourth-order valence-corrected chi connectivity index (χ4v) is 2.30. The van der Waals surface area contributed by atoms with Gasteiger partial charge in [0.25, 0.3) is 5.56 Å². The maximum absolute atomic E-state index is 13.4. The van der Waals surface area contributed by atoms with E-state index < -0.39 is 23.2 Å². The van der Waals surface area contributed by atoms with Gasteiger partial charge in [-0.2, -0.15) is 0 Å². The Morgan fingerprint density at radius 3 is 2.70 bits per heavy atom. The van der Waals surface area contributed by atoms with E-state index in [4.69, 9.17) is 11.6 Å². The van der Waals surface area contributed by atoms with Crippen LogP contribution in [0.5, 0.6) is 0 Å². The summed E-state index contributed by atoms with van der Waals surface area (Å²) in [6.07, 6.45) is 0.504. The van der Waals surface area contributed by atoms with Gasteiger partial charge in [-0.25, -0.2) is 9.18 Å². The van der Waals surface area contributed by atoms with Gasteiger partial charge in [0.05, 0.1) is 11.1 Å². The van der Waals surface area contributed by atoms with Crippen molar-refractivity contribution in [2.24, 2.45) is 14.1 Å². The van der Waals surface area contributed by atoms with E-state index >= 15 is 0 Å². The SMILES string of the molecule is Cn1cc(CNCC(O)c2ccc(Cl)c(F)c2)c(=O)n(C)c1=O. The lowest BCUT2D eigenvalue weighted by Gasteiger charge is -2.13. The predicted octanol–water partition coefficient (Wildman–Crippen LogP) is 0.700. The molecule has 1 atom stereocenters. The van der Waals surface area contributed by atoms with Gasteiger partial charge in [0, 0.05) is 38.9 Å². The summed E-state index contributed by atoms with van der Waals surface area (Å²) in [5, 5.41) is 12.9. The second kappa shape index (κ2) is 7.08. The molecule has 0 aliphatic heterocycles. The third-order valence-electron chi connectivity index (χ3n) is 3.50. The van der Waals surface area contributed by atoms with Crippen LogP contribution in [0.4, 0.5) is 4.39 Å². The third-order valence-corrected chi connectivity index (χ3v) is 3.81. The minimum atomic E-state index is -0.946.